The van der Waals surface area contributed by atoms with E-state index in [4.69, 9.17) is 20.8 Å². The van der Waals surface area contributed by atoms with Crippen LogP contribution < -0.4 is 14.5 Å². The second-order valence-electron chi connectivity index (χ2n) is 9.26. The molecule has 1 amide bonds. The Morgan fingerprint density at radius 3 is 2.53 bits per heavy atom. The minimum Gasteiger partial charge on any atom is -0.503 e. The molecule has 3 aromatic carbocycles. The van der Waals surface area contributed by atoms with Gasteiger partial charge < -0.3 is 19.2 Å². The predicted octanol–water partition coefficient (Wildman–Crippen LogP) is 6.72. The van der Waals surface area contributed by atoms with Gasteiger partial charge >= 0.3 is 0 Å². The first-order valence-corrected chi connectivity index (χ1v) is 12.7. The van der Waals surface area contributed by atoms with Crippen molar-refractivity contribution in [3.8, 4) is 5.75 Å². The number of ketones is 1. The van der Waals surface area contributed by atoms with E-state index in [2.05, 4.69) is 0 Å². The summed E-state index contributed by atoms with van der Waals surface area (Å²) in [5.41, 5.74) is 2.47. The summed E-state index contributed by atoms with van der Waals surface area (Å²) >= 11 is 6.11. The molecule has 1 aliphatic rings. The van der Waals surface area contributed by atoms with Crippen molar-refractivity contribution in [2.24, 2.45) is 0 Å². The Bertz CT molecular complexity index is 1550. The van der Waals surface area contributed by atoms with E-state index >= 15 is 0 Å². The lowest BCUT2D eigenvalue weighted by atomic mass is 9.94. The van der Waals surface area contributed by atoms with Crippen molar-refractivity contribution in [2.45, 2.75) is 19.4 Å². The van der Waals surface area contributed by atoms with Crippen molar-refractivity contribution >= 4 is 45.6 Å². The smallest absolute Gasteiger partial charge is 0.294 e. The van der Waals surface area contributed by atoms with Gasteiger partial charge in [-0.2, -0.15) is 0 Å². The largest absolute Gasteiger partial charge is 0.503 e. The number of aliphatic hydroxyl groups is 1. The van der Waals surface area contributed by atoms with Gasteiger partial charge in [-0.3, -0.25) is 14.5 Å². The maximum atomic E-state index is 13.9. The number of carbonyl (C=O) groups is 2. The Kier molecular flexibility index (Phi) is 6.87. The number of Topliss-reactive ketones (excluding diaryl/α,β-unsaturated/α-hetero) is 1. The third-order valence-electron chi connectivity index (χ3n) is 6.47. The Labute approximate surface area is 225 Å². The summed E-state index contributed by atoms with van der Waals surface area (Å²) in [6.45, 7) is 2.44. The number of para-hydroxylation sites is 2. The number of amides is 1. The summed E-state index contributed by atoms with van der Waals surface area (Å²) in [6, 6.07) is 20.3. The molecule has 0 aliphatic carbocycles. The van der Waals surface area contributed by atoms with Crippen LogP contribution >= 0.6 is 11.6 Å². The molecule has 38 heavy (non-hydrogen) atoms. The average Bonchev–Trinajstić information content (AvgIpc) is 3.45. The highest BCUT2D eigenvalue weighted by molar-refractivity contribution is 6.31. The van der Waals surface area contributed by atoms with Crippen LogP contribution in [0.5, 0.6) is 5.75 Å². The lowest BCUT2D eigenvalue weighted by Crippen LogP contribution is -2.31. The number of ether oxygens (including phenoxy) is 1. The van der Waals surface area contributed by atoms with Crippen molar-refractivity contribution in [3.63, 3.8) is 0 Å². The molecule has 0 bridgehead atoms. The molecule has 0 radical (unpaired) electrons. The molecule has 7 nitrogen and oxygen atoms in total. The van der Waals surface area contributed by atoms with Gasteiger partial charge in [0.2, 0.25) is 5.78 Å². The first-order valence-electron chi connectivity index (χ1n) is 12.3. The van der Waals surface area contributed by atoms with Gasteiger partial charge in [-0.15, -0.1) is 0 Å². The minimum absolute atomic E-state index is 0.00361. The Balaban J connectivity index is 1.65. The molecule has 1 N–H and O–H groups in total. The fourth-order valence-corrected chi connectivity index (χ4v) is 4.79. The van der Waals surface area contributed by atoms with E-state index in [1.807, 2.05) is 56.3 Å². The van der Waals surface area contributed by atoms with Gasteiger partial charge in [-0.1, -0.05) is 42.8 Å². The molecule has 1 aromatic heterocycles. The molecule has 2 heterocycles. The van der Waals surface area contributed by atoms with Gasteiger partial charge in [0.15, 0.2) is 11.5 Å². The van der Waals surface area contributed by atoms with Crippen molar-refractivity contribution < 1.29 is 23.8 Å². The van der Waals surface area contributed by atoms with Crippen LogP contribution in [0.2, 0.25) is 5.02 Å². The lowest BCUT2D eigenvalue weighted by Gasteiger charge is -2.28. The van der Waals surface area contributed by atoms with E-state index in [0.717, 1.165) is 12.1 Å². The molecule has 194 valence electrons. The zero-order valence-electron chi connectivity index (χ0n) is 21.3. The molecule has 1 atom stereocenters. The molecule has 1 unspecified atom stereocenters. The number of hydrogen-bond acceptors (Lipinski definition) is 6. The zero-order valence-corrected chi connectivity index (χ0v) is 22.0. The Morgan fingerprint density at radius 1 is 1.08 bits per heavy atom. The highest BCUT2D eigenvalue weighted by atomic mass is 35.5. The molecular formula is C30H27ClN2O5. The van der Waals surface area contributed by atoms with Crippen LogP contribution in [0.15, 0.2) is 88.5 Å². The van der Waals surface area contributed by atoms with Crippen LogP contribution in [0.3, 0.4) is 0 Å². The maximum Gasteiger partial charge on any atom is 0.294 e. The molecule has 0 saturated carbocycles. The summed E-state index contributed by atoms with van der Waals surface area (Å²) in [4.78, 5) is 30.9. The molecular weight excluding hydrogens is 504 g/mol. The van der Waals surface area contributed by atoms with E-state index < -0.39 is 23.5 Å². The van der Waals surface area contributed by atoms with Crippen LogP contribution in [0, 0.1) is 0 Å². The number of aliphatic hydroxyl groups excluding tert-OH is 1. The van der Waals surface area contributed by atoms with E-state index in [-0.39, 0.29) is 11.3 Å². The van der Waals surface area contributed by atoms with Gasteiger partial charge in [-0.05, 0) is 60.5 Å². The molecule has 0 spiro atoms. The highest BCUT2D eigenvalue weighted by Gasteiger charge is 2.46. The summed E-state index contributed by atoms with van der Waals surface area (Å²) in [6.07, 6.45) is 0.779. The van der Waals surface area contributed by atoms with E-state index in [1.165, 1.54) is 4.90 Å². The number of carbonyl (C=O) groups excluding carboxylic acids is 2. The second kappa shape index (κ2) is 10.3. The van der Waals surface area contributed by atoms with E-state index in [9.17, 15) is 14.7 Å². The summed E-state index contributed by atoms with van der Waals surface area (Å²) < 4.78 is 11.8. The van der Waals surface area contributed by atoms with E-state index in [1.54, 1.807) is 42.5 Å². The van der Waals surface area contributed by atoms with Crippen LogP contribution in [0.25, 0.3) is 11.0 Å². The van der Waals surface area contributed by atoms with Crippen LogP contribution in [0.1, 0.15) is 35.5 Å². The molecule has 8 heteroatoms. The minimum atomic E-state index is -0.908. The molecule has 4 aromatic rings. The Morgan fingerprint density at radius 2 is 1.82 bits per heavy atom. The maximum absolute atomic E-state index is 13.9. The van der Waals surface area contributed by atoms with Gasteiger partial charge in [0.25, 0.3) is 5.91 Å². The quantitative estimate of drug-likeness (QED) is 0.254. The standard InChI is InChI=1S/C30H27ClN2O5/c1-4-15-37-24-8-6-5-7-22(24)33-27(18-9-12-21(13-10-18)32(2)3)26(29(35)30(33)36)28(34)25-17-19-16-20(31)11-14-23(19)38-25/h5-14,16-17,27,35H,4,15H2,1-3H3. The average molecular weight is 531 g/mol. The first-order chi connectivity index (χ1) is 18.3. The van der Waals surface area contributed by atoms with Gasteiger partial charge in [0, 0.05) is 30.2 Å². The number of anilines is 2. The second-order valence-corrected chi connectivity index (χ2v) is 9.70. The molecule has 0 saturated heterocycles. The molecule has 1 aliphatic heterocycles. The normalized spacial score (nSPS) is 15.4. The van der Waals surface area contributed by atoms with Crippen LogP contribution in [-0.4, -0.2) is 37.5 Å². The van der Waals surface area contributed by atoms with Crippen LogP contribution in [-0.2, 0) is 4.79 Å². The number of fused-ring (bicyclic) bond motifs is 1. The van der Waals surface area contributed by atoms with Crippen molar-refractivity contribution in [3.05, 3.63) is 100 Å². The first kappa shape index (κ1) is 25.4. The molecule has 0 fully saturated rings. The third-order valence-corrected chi connectivity index (χ3v) is 6.70. The van der Waals surface area contributed by atoms with Gasteiger partial charge in [0.05, 0.1) is 23.9 Å². The monoisotopic (exact) mass is 530 g/mol. The topological polar surface area (TPSA) is 83.2 Å². The third kappa shape index (κ3) is 4.50. The number of rotatable bonds is 8. The number of halogens is 1. The number of nitrogens with zero attached hydrogens (tertiary/aromatic N) is 2. The predicted molar refractivity (Wildman–Crippen MR) is 148 cm³/mol. The summed E-state index contributed by atoms with van der Waals surface area (Å²) in [5.74, 6) is -1.41. The highest BCUT2D eigenvalue weighted by Crippen LogP contribution is 2.45. The summed E-state index contributed by atoms with van der Waals surface area (Å²) in [5, 5.41) is 12.3. The fraction of sp³-hybridized carbons (Fsp3) is 0.200. The van der Waals surface area contributed by atoms with Crippen LogP contribution in [0.4, 0.5) is 11.4 Å². The summed E-state index contributed by atoms with van der Waals surface area (Å²) in [7, 11) is 3.85. The zero-order chi connectivity index (χ0) is 27.0. The van der Waals surface area contributed by atoms with Crippen molar-refractivity contribution in [2.75, 3.05) is 30.5 Å². The lowest BCUT2D eigenvalue weighted by molar-refractivity contribution is -0.117. The van der Waals surface area contributed by atoms with E-state index in [0.29, 0.717) is 39.6 Å². The van der Waals surface area contributed by atoms with Crippen molar-refractivity contribution in [1.29, 1.82) is 0 Å². The number of furan rings is 1. The number of hydrogen-bond donors (Lipinski definition) is 1. The SMILES string of the molecule is CCCOc1ccccc1N1C(=O)C(O)=C(C(=O)c2cc3cc(Cl)ccc3o2)C1c1ccc(N(C)C)cc1. The number of benzene rings is 3. The fourth-order valence-electron chi connectivity index (χ4n) is 4.60. The Hall–Kier alpha value is -4.23. The van der Waals surface area contributed by atoms with Gasteiger partial charge in [-0.25, -0.2) is 0 Å². The van der Waals surface area contributed by atoms with Crippen molar-refractivity contribution in [1.82, 2.24) is 0 Å². The molecule has 5 rings (SSSR count). The van der Waals surface area contributed by atoms with Gasteiger partial charge in [0.1, 0.15) is 11.3 Å².